The van der Waals surface area contributed by atoms with Gasteiger partial charge in [0, 0.05) is 37.4 Å². The highest BCUT2D eigenvalue weighted by Crippen LogP contribution is 2.34. The Morgan fingerprint density at radius 1 is 1.23 bits per heavy atom. The summed E-state index contributed by atoms with van der Waals surface area (Å²) in [5.74, 6) is 1.01. The molecule has 0 unspecified atom stereocenters. The highest BCUT2D eigenvalue weighted by molar-refractivity contribution is 8.18. The summed E-state index contributed by atoms with van der Waals surface area (Å²) in [5.41, 5.74) is 2.27. The number of hydrogen-bond acceptors (Lipinski definition) is 6. The Hall–Kier alpha value is -2.87. The molecular weight excluding hydrogens is 354 g/mol. The van der Waals surface area contributed by atoms with Crippen molar-refractivity contribution in [3.63, 3.8) is 0 Å². The van der Waals surface area contributed by atoms with Crippen LogP contribution in [0, 0.1) is 24.0 Å². The minimum atomic E-state index is -0.392. The Morgan fingerprint density at radius 3 is 2.58 bits per heavy atom. The van der Waals surface area contributed by atoms with Gasteiger partial charge >= 0.3 is 0 Å². The highest BCUT2D eigenvalue weighted by Gasteiger charge is 2.30. The number of nitro groups is 1. The molecule has 1 aromatic heterocycles. The first-order chi connectivity index (χ1) is 12.3. The van der Waals surface area contributed by atoms with Gasteiger partial charge < -0.3 is 4.42 Å². The Labute approximate surface area is 154 Å². The molecule has 7 nitrogen and oxygen atoms in total. The molecular formula is C18H17N3O4S. The van der Waals surface area contributed by atoms with Gasteiger partial charge in [0.05, 0.1) is 9.83 Å². The van der Waals surface area contributed by atoms with Gasteiger partial charge in [0.25, 0.3) is 11.6 Å². The van der Waals surface area contributed by atoms with Crippen LogP contribution < -0.4 is 0 Å². The van der Waals surface area contributed by atoms with Crippen LogP contribution in [0.4, 0.5) is 5.69 Å². The quantitative estimate of drug-likeness (QED) is 0.462. The lowest BCUT2D eigenvalue weighted by Gasteiger charge is -2.06. The van der Waals surface area contributed by atoms with Crippen LogP contribution in [-0.2, 0) is 4.79 Å². The average molecular weight is 371 g/mol. The topological polar surface area (TPSA) is 89.0 Å². The lowest BCUT2D eigenvalue weighted by Crippen LogP contribution is -2.23. The number of hydrogen-bond donors (Lipinski definition) is 0. The van der Waals surface area contributed by atoms with E-state index < -0.39 is 4.92 Å². The summed E-state index contributed by atoms with van der Waals surface area (Å²) in [7, 11) is 3.31. The molecule has 0 bridgehead atoms. The predicted octanol–water partition coefficient (Wildman–Crippen LogP) is 4.00. The highest BCUT2D eigenvalue weighted by atomic mass is 32.2. The second kappa shape index (κ2) is 6.80. The summed E-state index contributed by atoms with van der Waals surface area (Å²) >= 11 is 1.29. The van der Waals surface area contributed by atoms with Crippen LogP contribution in [-0.4, -0.2) is 35.0 Å². The zero-order chi connectivity index (χ0) is 19.0. The molecule has 8 heteroatoms. The van der Waals surface area contributed by atoms with Crippen molar-refractivity contribution in [3.05, 3.63) is 56.2 Å². The molecule has 0 spiro atoms. The lowest BCUT2D eigenvalue weighted by atomic mass is 10.00. The van der Waals surface area contributed by atoms with Crippen molar-refractivity contribution in [2.75, 3.05) is 14.1 Å². The fourth-order valence-electron chi connectivity index (χ4n) is 2.72. The third-order valence-corrected chi connectivity index (χ3v) is 5.47. The molecule has 26 heavy (non-hydrogen) atoms. The van der Waals surface area contributed by atoms with E-state index in [1.165, 1.54) is 22.7 Å². The van der Waals surface area contributed by atoms with Gasteiger partial charge in [0.1, 0.15) is 11.5 Å². The number of thioether (sulfide) groups is 1. The number of nitrogens with zero attached hydrogens (tertiary/aromatic N) is 3. The van der Waals surface area contributed by atoms with E-state index >= 15 is 0 Å². The number of rotatable bonds is 3. The van der Waals surface area contributed by atoms with Crippen LogP contribution >= 0.6 is 11.8 Å². The maximum Gasteiger partial charge on any atom is 0.272 e. The first-order valence-electron chi connectivity index (χ1n) is 7.82. The van der Waals surface area contributed by atoms with E-state index in [1.807, 2.05) is 6.92 Å². The van der Waals surface area contributed by atoms with Gasteiger partial charge in [-0.3, -0.25) is 24.8 Å². The molecule has 1 aliphatic rings. The summed E-state index contributed by atoms with van der Waals surface area (Å²) in [4.78, 5) is 29.0. The van der Waals surface area contributed by atoms with Crippen LogP contribution in [0.2, 0.25) is 0 Å². The summed E-state index contributed by atoms with van der Waals surface area (Å²) in [6, 6.07) is 6.73. The molecule has 0 saturated carbocycles. The number of benzene rings is 1. The van der Waals surface area contributed by atoms with E-state index in [-0.39, 0.29) is 11.6 Å². The molecule has 134 valence electrons. The van der Waals surface area contributed by atoms with E-state index in [0.29, 0.717) is 27.2 Å². The average Bonchev–Trinajstić information content (AvgIpc) is 3.17. The molecule has 0 N–H and O–H groups in total. The number of likely N-dealkylation sites (N-methyl/N-ethyl adjacent to an activating group) is 1. The zero-order valence-electron chi connectivity index (χ0n) is 14.8. The molecule has 0 aliphatic carbocycles. The largest absolute Gasteiger partial charge is 0.457 e. The summed E-state index contributed by atoms with van der Waals surface area (Å²) in [6.45, 7) is 3.55. The number of carbonyl (C=O) groups is 1. The van der Waals surface area contributed by atoms with Crippen molar-refractivity contribution in [2.24, 2.45) is 4.99 Å². The van der Waals surface area contributed by atoms with Gasteiger partial charge in [0.15, 0.2) is 5.17 Å². The Balaban J connectivity index is 1.95. The first kappa shape index (κ1) is 17.9. The normalized spacial score (nSPS) is 17.5. The van der Waals surface area contributed by atoms with Crippen molar-refractivity contribution < 1.29 is 14.1 Å². The van der Waals surface area contributed by atoms with E-state index in [9.17, 15) is 14.9 Å². The number of amides is 1. The van der Waals surface area contributed by atoms with Gasteiger partial charge in [-0.15, -0.1) is 0 Å². The smallest absolute Gasteiger partial charge is 0.272 e. The van der Waals surface area contributed by atoms with Crippen LogP contribution in [0.25, 0.3) is 17.4 Å². The third-order valence-electron chi connectivity index (χ3n) is 4.32. The number of furan rings is 1. The van der Waals surface area contributed by atoms with Crippen LogP contribution in [0.15, 0.2) is 38.6 Å². The summed E-state index contributed by atoms with van der Waals surface area (Å²) in [6.07, 6.45) is 1.68. The van der Waals surface area contributed by atoms with Crippen LogP contribution in [0.1, 0.15) is 16.9 Å². The fraction of sp³-hybridized carbons (Fsp3) is 0.222. The molecule has 0 atom stereocenters. The van der Waals surface area contributed by atoms with E-state index in [0.717, 1.165) is 11.1 Å². The maximum atomic E-state index is 12.2. The second-order valence-electron chi connectivity index (χ2n) is 5.82. The molecule has 1 amide bonds. The maximum absolute atomic E-state index is 12.2. The molecule has 1 aliphatic heterocycles. The minimum absolute atomic E-state index is 0.0857. The number of nitro benzene ring substituents is 1. The van der Waals surface area contributed by atoms with Gasteiger partial charge in [-0.2, -0.15) is 0 Å². The molecule has 2 heterocycles. The molecule has 1 saturated heterocycles. The van der Waals surface area contributed by atoms with Gasteiger partial charge in [-0.05, 0) is 49.4 Å². The van der Waals surface area contributed by atoms with Gasteiger partial charge in [-0.25, -0.2) is 0 Å². The lowest BCUT2D eigenvalue weighted by molar-refractivity contribution is -0.385. The molecule has 0 radical (unpaired) electrons. The second-order valence-corrected chi connectivity index (χ2v) is 6.83. The number of amidine groups is 1. The molecule has 1 fully saturated rings. The van der Waals surface area contributed by atoms with Crippen molar-refractivity contribution in [2.45, 2.75) is 13.8 Å². The Kier molecular flexibility index (Phi) is 4.69. The predicted molar refractivity (Wildman–Crippen MR) is 102 cm³/mol. The summed E-state index contributed by atoms with van der Waals surface area (Å²) in [5, 5.41) is 11.7. The van der Waals surface area contributed by atoms with E-state index in [2.05, 4.69) is 4.99 Å². The van der Waals surface area contributed by atoms with Crippen molar-refractivity contribution in [1.29, 1.82) is 0 Å². The fourth-order valence-corrected chi connectivity index (χ4v) is 3.63. The third kappa shape index (κ3) is 3.03. The minimum Gasteiger partial charge on any atom is -0.457 e. The first-order valence-corrected chi connectivity index (χ1v) is 8.64. The van der Waals surface area contributed by atoms with Gasteiger partial charge in [-0.1, -0.05) is 0 Å². The molecule has 3 rings (SSSR count). The van der Waals surface area contributed by atoms with Gasteiger partial charge in [0.2, 0.25) is 0 Å². The zero-order valence-corrected chi connectivity index (χ0v) is 15.6. The monoisotopic (exact) mass is 371 g/mol. The Morgan fingerprint density at radius 2 is 1.96 bits per heavy atom. The summed E-state index contributed by atoms with van der Waals surface area (Å²) < 4.78 is 5.85. The molecule has 2 aromatic rings. The van der Waals surface area contributed by atoms with Crippen LogP contribution in [0.5, 0.6) is 0 Å². The van der Waals surface area contributed by atoms with Crippen LogP contribution in [0.3, 0.4) is 0 Å². The SMILES string of the molecule is CN=C1S/C(=C\c2ccc(-c3ccc([N+](=O)[O-])c(C)c3C)o2)C(=O)N1C. The number of carbonyl (C=O) groups excluding carboxylic acids is 1. The van der Waals surface area contributed by atoms with Crippen molar-refractivity contribution in [1.82, 2.24) is 4.90 Å². The van der Waals surface area contributed by atoms with Crippen molar-refractivity contribution >= 4 is 34.6 Å². The van der Waals surface area contributed by atoms with Crippen molar-refractivity contribution in [3.8, 4) is 11.3 Å². The van der Waals surface area contributed by atoms with E-state index in [4.69, 9.17) is 4.42 Å². The standard InChI is InChI=1S/C18H17N3O4S/c1-10-11(2)14(21(23)24)7-6-13(10)15-8-5-12(25-15)9-16-17(22)20(4)18(19-3)26-16/h5-9H,1-4H3/b16-9-,19-18?. The molecule has 1 aromatic carbocycles. The van der Waals surface area contributed by atoms with E-state index in [1.54, 1.807) is 45.3 Å². The number of aliphatic imine (C=N–C) groups is 1. The Bertz CT molecular complexity index is 975.